The molecule has 96 valence electrons. The molecule has 0 aliphatic rings. The highest BCUT2D eigenvalue weighted by molar-refractivity contribution is 5.92. The fourth-order valence-corrected chi connectivity index (χ4v) is 1.39. The van der Waals surface area contributed by atoms with Gasteiger partial charge in [-0.1, -0.05) is 20.8 Å². The van der Waals surface area contributed by atoms with Crippen LogP contribution >= 0.6 is 0 Å². The van der Waals surface area contributed by atoms with Gasteiger partial charge in [-0.2, -0.15) is 5.10 Å². The Labute approximate surface area is 103 Å². The predicted octanol–water partition coefficient (Wildman–Crippen LogP) is 0.999. The van der Waals surface area contributed by atoms with Crippen molar-refractivity contribution in [1.29, 1.82) is 0 Å². The van der Waals surface area contributed by atoms with Crippen LogP contribution in [-0.4, -0.2) is 48.2 Å². The van der Waals surface area contributed by atoms with Gasteiger partial charge < -0.3 is 10.2 Å². The summed E-state index contributed by atoms with van der Waals surface area (Å²) in [7, 11) is 3.65. The van der Waals surface area contributed by atoms with Gasteiger partial charge in [-0.15, -0.1) is 0 Å². The van der Waals surface area contributed by atoms with Crippen LogP contribution < -0.4 is 5.32 Å². The minimum atomic E-state index is -0.0491. The normalized spacial score (nSPS) is 11.6. The Morgan fingerprint density at radius 3 is 2.65 bits per heavy atom. The molecule has 0 radical (unpaired) electrons. The smallest absolute Gasteiger partial charge is 0.274 e. The lowest BCUT2D eigenvalue weighted by atomic mass is 9.92. The number of rotatable bonds is 4. The van der Waals surface area contributed by atoms with E-state index in [9.17, 15) is 4.79 Å². The summed E-state index contributed by atoms with van der Waals surface area (Å²) >= 11 is 0. The van der Waals surface area contributed by atoms with E-state index in [2.05, 4.69) is 36.3 Å². The first-order valence-corrected chi connectivity index (χ1v) is 5.82. The summed E-state index contributed by atoms with van der Waals surface area (Å²) in [6.07, 6.45) is 0. The molecule has 1 aromatic heterocycles. The molecule has 0 unspecified atom stereocenters. The maximum absolute atomic E-state index is 12.0. The Morgan fingerprint density at radius 2 is 2.18 bits per heavy atom. The number of aromatic nitrogens is 2. The second-order valence-electron chi connectivity index (χ2n) is 5.25. The van der Waals surface area contributed by atoms with Crippen LogP contribution in [0.5, 0.6) is 0 Å². The minimum Gasteiger partial charge on any atom is -0.339 e. The SMILES string of the molecule is CNCCN(C)C(=O)c1cc(C(C)(C)C)[nH]n1. The third kappa shape index (κ3) is 3.56. The second kappa shape index (κ2) is 5.31. The standard InChI is InChI=1S/C12H22N4O/c1-12(2,3)10-8-9(14-15-10)11(17)16(5)7-6-13-4/h8,13H,6-7H2,1-5H3,(H,14,15). The van der Waals surface area contributed by atoms with Gasteiger partial charge in [0, 0.05) is 31.2 Å². The Bertz CT molecular complexity index is 378. The van der Waals surface area contributed by atoms with E-state index in [0.717, 1.165) is 12.2 Å². The van der Waals surface area contributed by atoms with E-state index in [1.807, 2.05) is 13.1 Å². The van der Waals surface area contributed by atoms with E-state index in [-0.39, 0.29) is 11.3 Å². The van der Waals surface area contributed by atoms with Crippen LogP contribution in [0.3, 0.4) is 0 Å². The summed E-state index contributed by atoms with van der Waals surface area (Å²) in [4.78, 5) is 13.7. The van der Waals surface area contributed by atoms with Crippen molar-refractivity contribution in [3.05, 3.63) is 17.5 Å². The molecule has 2 N–H and O–H groups in total. The number of carbonyl (C=O) groups is 1. The number of nitrogens with zero attached hydrogens (tertiary/aromatic N) is 2. The van der Waals surface area contributed by atoms with Gasteiger partial charge in [0.15, 0.2) is 0 Å². The van der Waals surface area contributed by atoms with Crippen molar-refractivity contribution in [2.75, 3.05) is 27.2 Å². The zero-order valence-corrected chi connectivity index (χ0v) is 11.3. The molecule has 17 heavy (non-hydrogen) atoms. The number of nitrogens with one attached hydrogen (secondary N) is 2. The second-order valence-corrected chi connectivity index (χ2v) is 5.25. The highest BCUT2D eigenvalue weighted by Gasteiger charge is 2.20. The number of carbonyl (C=O) groups excluding carboxylic acids is 1. The molecule has 0 aliphatic carbocycles. The molecule has 0 atom stereocenters. The molecule has 0 aromatic carbocycles. The van der Waals surface area contributed by atoms with Crippen molar-refractivity contribution in [2.24, 2.45) is 0 Å². The first-order valence-electron chi connectivity index (χ1n) is 5.82. The van der Waals surface area contributed by atoms with Crippen LogP contribution in [0.1, 0.15) is 37.0 Å². The molecular formula is C12H22N4O. The van der Waals surface area contributed by atoms with Gasteiger partial charge in [-0.3, -0.25) is 9.89 Å². The Morgan fingerprint density at radius 1 is 1.53 bits per heavy atom. The van der Waals surface area contributed by atoms with Gasteiger partial charge >= 0.3 is 0 Å². The van der Waals surface area contributed by atoms with Gasteiger partial charge in [0.25, 0.3) is 5.91 Å². The molecule has 0 saturated carbocycles. The lowest BCUT2D eigenvalue weighted by Crippen LogP contribution is -2.33. The van der Waals surface area contributed by atoms with Crippen LogP contribution in [0.15, 0.2) is 6.07 Å². The van der Waals surface area contributed by atoms with Gasteiger partial charge in [-0.05, 0) is 13.1 Å². The van der Waals surface area contributed by atoms with Gasteiger partial charge in [-0.25, -0.2) is 0 Å². The van der Waals surface area contributed by atoms with Crippen molar-refractivity contribution in [3.63, 3.8) is 0 Å². The lowest BCUT2D eigenvalue weighted by molar-refractivity contribution is 0.0791. The summed E-state index contributed by atoms with van der Waals surface area (Å²) in [6, 6.07) is 1.83. The molecule has 0 bridgehead atoms. The summed E-state index contributed by atoms with van der Waals surface area (Å²) in [5.41, 5.74) is 1.44. The van der Waals surface area contributed by atoms with Crippen molar-refractivity contribution < 1.29 is 4.79 Å². The monoisotopic (exact) mass is 238 g/mol. The maximum Gasteiger partial charge on any atom is 0.274 e. The quantitative estimate of drug-likeness (QED) is 0.822. The van der Waals surface area contributed by atoms with Crippen molar-refractivity contribution in [3.8, 4) is 0 Å². The minimum absolute atomic E-state index is 0.0188. The molecule has 0 saturated heterocycles. The highest BCUT2D eigenvalue weighted by Crippen LogP contribution is 2.20. The fraction of sp³-hybridized carbons (Fsp3) is 0.667. The molecule has 1 heterocycles. The van der Waals surface area contributed by atoms with E-state index in [1.165, 1.54) is 0 Å². The highest BCUT2D eigenvalue weighted by atomic mass is 16.2. The van der Waals surface area contributed by atoms with Crippen LogP contribution in [0.25, 0.3) is 0 Å². The zero-order valence-electron chi connectivity index (χ0n) is 11.3. The zero-order chi connectivity index (χ0) is 13.1. The van der Waals surface area contributed by atoms with E-state index >= 15 is 0 Å². The first-order chi connectivity index (χ1) is 7.86. The number of hydrogen-bond acceptors (Lipinski definition) is 3. The van der Waals surface area contributed by atoms with Gasteiger partial charge in [0.2, 0.25) is 0 Å². The predicted molar refractivity (Wildman–Crippen MR) is 68.2 cm³/mol. The number of likely N-dealkylation sites (N-methyl/N-ethyl adjacent to an activating group) is 2. The molecule has 1 aromatic rings. The number of amides is 1. The van der Waals surface area contributed by atoms with Crippen LogP contribution in [0.2, 0.25) is 0 Å². The topological polar surface area (TPSA) is 61.0 Å². The lowest BCUT2D eigenvalue weighted by Gasteiger charge is -2.16. The van der Waals surface area contributed by atoms with E-state index in [4.69, 9.17) is 0 Å². The average molecular weight is 238 g/mol. The molecule has 0 aliphatic heterocycles. The average Bonchev–Trinajstić information content (AvgIpc) is 2.73. The van der Waals surface area contributed by atoms with E-state index < -0.39 is 0 Å². The van der Waals surface area contributed by atoms with Gasteiger partial charge in [0.05, 0.1) is 0 Å². The Balaban J connectivity index is 2.73. The molecule has 1 amide bonds. The van der Waals surface area contributed by atoms with Crippen molar-refractivity contribution in [2.45, 2.75) is 26.2 Å². The van der Waals surface area contributed by atoms with Crippen LogP contribution in [0, 0.1) is 0 Å². The Hall–Kier alpha value is -1.36. The third-order valence-electron chi connectivity index (χ3n) is 2.65. The molecular weight excluding hydrogens is 216 g/mol. The van der Waals surface area contributed by atoms with Crippen molar-refractivity contribution in [1.82, 2.24) is 20.4 Å². The third-order valence-corrected chi connectivity index (χ3v) is 2.65. The first kappa shape index (κ1) is 13.7. The van der Waals surface area contributed by atoms with Gasteiger partial charge in [0.1, 0.15) is 5.69 Å². The number of hydrogen-bond donors (Lipinski definition) is 2. The number of H-pyrrole nitrogens is 1. The van der Waals surface area contributed by atoms with E-state index in [0.29, 0.717) is 12.2 Å². The fourth-order valence-electron chi connectivity index (χ4n) is 1.39. The molecule has 5 heteroatoms. The number of aromatic amines is 1. The summed E-state index contributed by atoms with van der Waals surface area (Å²) in [5.74, 6) is -0.0491. The Kier molecular flexibility index (Phi) is 4.28. The molecule has 0 spiro atoms. The maximum atomic E-state index is 12.0. The van der Waals surface area contributed by atoms with Crippen LogP contribution in [-0.2, 0) is 5.41 Å². The summed E-state index contributed by atoms with van der Waals surface area (Å²) in [6.45, 7) is 7.70. The van der Waals surface area contributed by atoms with Crippen molar-refractivity contribution >= 4 is 5.91 Å². The summed E-state index contributed by atoms with van der Waals surface area (Å²) < 4.78 is 0. The molecule has 1 rings (SSSR count). The largest absolute Gasteiger partial charge is 0.339 e. The molecule has 5 nitrogen and oxygen atoms in total. The molecule has 0 fully saturated rings. The van der Waals surface area contributed by atoms with Crippen LogP contribution in [0.4, 0.5) is 0 Å². The summed E-state index contributed by atoms with van der Waals surface area (Å²) in [5, 5.41) is 10.0. The van der Waals surface area contributed by atoms with E-state index in [1.54, 1.807) is 11.9 Å².